The molecule has 1 saturated heterocycles. The van der Waals surface area contributed by atoms with Crippen LogP contribution >= 0.6 is 0 Å². The van der Waals surface area contributed by atoms with Crippen LogP contribution < -0.4 is 0 Å². The summed E-state index contributed by atoms with van der Waals surface area (Å²) < 4.78 is 5.29. The van der Waals surface area contributed by atoms with Crippen LogP contribution in [0.1, 0.15) is 40.5 Å². The molecular formula is C11H25NO. The molecule has 0 aromatic rings. The van der Waals surface area contributed by atoms with Gasteiger partial charge in [-0.3, -0.25) is 0 Å². The molecule has 0 saturated carbocycles. The van der Waals surface area contributed by atoms with Crippen molar-refractivity contribution in [3.63, 3.8) is 0 Å². The van der Waals surface area contributed by atoms with E-state index in [0.29, 0.717) is 12.1 Å². The highest BCUT2D eigenvalue weighted by Crippen LogP contribution is 2.14. The van der Waals surface area contributed by atoms with Crippen LogP contribution in [0.25, 0.3) is 0 Å². The third kappa shape index (κ3) is 4.63. The number of rotatable bonds is 2. The molecule has 0 atom stereocenters. The first kappa shape index (κ1) is 12.9. The molecule has 0 N–H and O–H groups in total. The molecule has 2 nitrogen and oxygen atoms in total. The Hall–Kier alpha value is -0.0800. The molecule has 1 rings (SSSR count). The van der Waals surface area contributed by atoms with Crippen LogP contribution in [-0.4, -0.2) is 37.2 Å². The van der Waals surface area contributed by atoms with Crippen LogP contribution in [-0.2, 0) is 4.74 Å². The molecule has 0 bridgehead atoms. The van der Waals surface area contributed by atoms with Crippen LogP contribution in [0, 0.1) is 0 Å². The van der Waals surface area contributed by atoms with Crippen molar-refractivity contribution in [1.29, 1.82) is 0 Å². The maximum absolute atomic E-state index is 5.29. The fourth-order valence-electron chi connectivity index (χ4n) is 1.63. The number of methoxy groups -OCH3 is 1. The number of likely N-dealkylation sites (tertiary alicyclic amines) is 1. The summed E-state index contributed by atoms with van der Waals surface area (Å²) in [6, 6.07) is 0.702. The van der Waals surface area contributed by atoms with Crippen molar-refractivity contribution in [3.05, 3.63) is 0 Å². The second-order valence-corrected chi connectivity index (χ2v) is 3.56. The molecule has 2 heteroatoms. The lowest BCUT2D eigenvalue weighted by atomic mass is 10.1. The van der Waals surface area contributed by atoms with Gasteiger partial charge in [-0.2, -0.15) is 0 Å². The fourth-order valence-corrected chi connectivity index (χ4v) is 1.63. The number of hydrogen-bond donors (Lipinski definition) is 0. The predicted molar refractivity (Wildman–Crippen MR) is 58.1 cm³/mol. The fraction of sp³-hybridized carbons (Fsp3) is 1.00. The molecule has 0 aromatic carbocycles. The second-order valence-electron chi connectivity index (χ2n) is 3.56. The number of ether oxygens (including phenoxy) is 1. The summed E-state index contributed by atoms with van der Waals surface area (Å²) in [5.74, 6) is 0. The Morgan fingerprint density at radius 2 is 1.62 bits per heavy atom. The van der Waals surface area contributed by atoms with Crippen LogP contribution in [0.5, 0.6) is 0 Å². The van der Waals surface area contributed by atoms with Gasteiger partial charge >= 0.3 is 0 Å². The van der Waals surface area contributed by atoms with Crippen molar-refractivity contribution < 1.29 is 4.74 Å². The van der Waals surface area contributed by atoms with Crippen molar-refractivity contribution in [2.24, 2.45) is 0 Å². The molecule has 13 heavy (non-hydrogen) atoms. The largest absolute Gasteiger partial charge is 0.381 e. The standard InChI is InChI=1S/C9H19NO.C2H6/c1-8(2)10-6-4-9(11-3)5-7-10;1-2/h8-9H,4-7H2,1-3H3;1-2H3. The van der Waals surface area contributed by atoms with Gasteiger partial charge in [0.05, 0.1) is 6.10 Å². The van der Waals surface area contributed by atoms with Gasteiger partial charge in [0.1, 0.15) is 0 Å². The van der Waals surface area contributed by atoms with Gasteiger partial charge in [-0.05, 0) is 26.7 Å². The van der Waals surface area contributed by atoms with Gasteiger partial charge in [-0.25, -0.2) is 0 Å². The number of nitrogens with zero attached hydrogens (tertiary/aromatic N) is 1. The molecule has 1 heterocycles. The predicted octanol–water partition coefficient (Wildman–Crippen LogP) is 2.53. The van der Waals surface area contributed by atoms with Crippen LogP contribution in [0.3, 0.4) is 0 Å². The van der Waals surface area contributed by atoms with E-state index >= 15 is 0 Å². The van der Waals surface area contributed by atoms with E-state index in [1.54, 1.807) is 0 Å². The maximum Gasteiger partial charge on any atom is 0.0595 e. The monoisotopic (exact) mass is 187 g/mol. The first-order valence-corrected chi connectivity index (χ1v) is 5.51. The van der Waals surface area contributed by atoms with E-state index in [1.807, 2.05) is 21.0 Å². The number of hydrogen-bond acceptors (Lipinski definition) is 2. The van der Waals surface area contributed by atoms with Gasteiger partial charge in [-0.15, -0.1) is 0 Å². The zero-order valence-corrected chi connectivity index (χ0v) is 9.84. The highest BCUT2D eigenvalue weighted by atomic mass is 16.5. The molecule has 1 aliphatic heterocycles. The molecular weight excluding hydrogens is 162 g/mol. The van der Waals surface area contributed by atoms with Crippen LogP contribution in [0.15, 0.2) is 0 Å². The van der Waals surface area contributed by atoms with Gasteiger partial charge in [0.15, 0.2) is 0 Å². The lowest BCUT2D eigenvalue weighted by Gasteiger charge is -2.33. The molecule has 0 aliphatic carbocycles. The van der Waals surface area contributed by atoms with E-state index < -0.39 is 0 Å². The Balaban J connectivity index is 0.000000671. The average molecular weight is 187 g/mol. The minimum Gasteiger partial charge on any atom is -0.381 e. The summed E-state index contributed by atoms with van der Waals surface area (Å²) in [5, 5.41) is 0. The summed E-state index contributed by atoms with van der Waals surface area (Å²) in [6.45, 7) is 10.9. The average Bonchev–Trinajstić information content (AvgIpc) is 2.21. The van der Waals surface area contributed by atoms with Crippen LogP contribution in [0.4, 0.5) is 0 Å². The maximum atomic E-state index is 5.29. The van der Waals surface area contributed by atoms with E-state index in [9.17, 15) is 0 Å². The van der Waals surface area contributed by atoms with Gasteiger partial charge in [-0.1, -0.05) is 13.8 Å². The Morgan fingerprint density at radius 3 is 1.92 bits per heavy atom. The van der Waals surface area contributed by atoms with E-state index in [1.165, 1.54) is 25.9 Å². The van der Waals surface area contributed by atoms with Crippen molar-refractivity contribution in [1.82, 2.24) is 4.90 Å². The SMILES string of the molecule is CC.COC1CCN(C(C)C)CC1. The molecule has 1 aliphatic rings. The molecule has 1 fully saturated rings. The molecule has 0 aromatic heterocycles. The summed E-state index contributed by atoms with van der Waals surface area (Å²) in [5.41, 5.74) is 0. The van der Waals surface area contributed by atoms with Crippen LogP contribution in [0.2, 0.25) is 0 Å². The Kier molecular flexibility index (Phi) is 7.29. The normalized spacial score (nSPS) is 19.8. The smallest absolute Gasteiger partial charge is 0.0595 e. The quantitative estimate of drug-likeness (QED) is 0.658. The van der Waals surface area contributed by atoms with Gasteiger partial charge in [0, 0.05) is 26.2 Å². The molecule has 80 valence electrons. The van der Waals surface area contributed by atoms with Crippen molar-refractivity contribution in [2.75, 3.05) is 20.2 Å². The molecule has 0 amide bonds. The Labute approximate surface area is 83.3 Å². The first-order chi connectivity index (χ1) is 6.24. The second kappa shape index (κ2) is 7.34. The van der Waals surface area contributed by atoms with E-state index in [4.69, 9.17) is 4.74 Å². The Morgan fingerprint density at radius 1 is 1.15 bits per heavy atom. The summed E-state index contributed by atoms with van der Waals surface area (Å²) in [4.78, 5) is 2.51. The topological polar surface area (TPSA) is 12.5 Å². The highest BCUT2D eigenvalue weighted by molar-refractivity contribution is 4.74. The zero-order valence-electron chi connectivity index (χ0n) is 9.84. The third-order valence-corrected chi connectivity index (χ3v) is 2.54. The summed E-state index contributed by atoms with van der Waals surface area (Å²) in [7, 11) is 1.82. The highest BCUT2D eigenvalue weighted by Gasteiger charge is 2.19. The Bertz CT molecular complexity index is 107. The summed E-state index contributed by atoms with van der Waals surface area (Å²) >= 11 is 0. The zero-order chi connectivity index (χ0) is 10.3. The molecule has 0 radical (unpaired) electrons. The third-order valence-electron chi connectivity index (χ3n) is 2.54. The van der Waals surface area contributed by atoms with Gasteiger partial charge < -0.3 is 9.64 Å². The number of piperidine rings is 1. The van der Waals surface area contributed by atoms with E-state index in [0.717, 1.165) is 0 Å². The molecule has 0 spiro atoms. The van der Waals surface area contributed by atoms with Gasteiger partial charge in [0.2, 0.25) is 0 Å². The summed E-state index contributed by atoms with van der Waals surface area (Å²) in [6.07, 6.45) is 2.92. The molecule has 0 unspecified atom stereocenters. The van der Waals surface area contributed by atoms with Gasteiger partial charge in [0.25, 0.3) is 0 Å². The van der Waals surface area contributed by atoms with Crippen molar-refractivity contribution >= 4 is 0 Å². The minimum atomic E-state index is 0.519. The lowest BCUT2D eigenvalue weighted by Crippen LogP contribution is -2.40. The van der Waals surface area contributed by atoms with E-state index in [-0.39, 0.29) is 0 Å². The van der Waals surface area contributed by atoms with Crippen molar-refractivity contribution in [3.8, 4) is 0 Å². The lowest BCUT2D eigenvalue weighted by molar-refractivity contribution is 0.0321. The van der Waals surface area contributed by atoms with Crippen molar-refractivity contribution in [2.45, 2.75) is 52.7 Å². The van der Waals surface area contributed by atoms with E-state index in [2.05, 4.69) is 18.7 Å². The minimum absolute atomic E-state index is 0.519. The first-order valence-electron chi connectivity index (χ1n) is 5.51.